The third kappa shape index (κ3) is 3.94. The fourth-order valence-corrected chi connectivity index (χ4v) is 1.42. The monoisotopic (exact) mass is 238 g/mol. The van der Waals surface area contributed by atoms with Gasteiger partial charge in [-0.1, -0.05) is 36.4 Å². The van der Waals surface area contributed by atoms with Crippen LogP contribution in [-0.2, 0) is 11.3 Å². The van der Waals surface area contributed by atoms with Crippen LogP contribution in [0, 0.1) is 0 Å². The number of benzene rings is 1. The second kappa shape index (κ2) is 6.51. The van der Waals surface area contributed by atoms with E-state index in [4.69, 9.17) is 9.84 Å². The number of hydrogen-bond donors (Lipinski definition) is 3. The molecule has 0 aliphatic rings. The van der Waals surface area contributed by atoms with Crippen LogP contribution in [-0.4, -0.2) is 33.8 Å². The molecule has 4 nitrogen and oxygen atoms in total. The van der Waals surface area contributed by atoms with E-state index in [0.717, 1.165) is 5.56 Å². The summed E-state index contributed by atoms with van der Waals surface area (Å²) >= 11 is 0. The van der Waals surface area contributed by atoms with E-state index in [1.807, 2.05) is 30.3 Å². The van der Waals surface area contributed by atoms with Crippen molar-refractivity contribution in [3.05, 3.63) is 48.6 Å². The van der Waals surface area contributed by atoms with Crippen molar-refractivity contribution in [2.45, 2.75) is 24.9 Å². The van der Waals surface area contributed by atoms with E-state index in [-0.39, 0.29) is 13.0 Å². The molecule has 0 radical (unpaired) electrons. The van der Waals surface area contributed by atoms with Gasteiger partial charge in [-0.05, 0) is 5.56 Å². The fourth-order valence-electron chi connectivity index (χ4n) is 1.42. The lowest BCUT2D eigenvalue weighted by molar-refractivity contribution is -0.266. The van der Waals surface area contributed by atoms with Gasteiger partial charge in [0, 0.05) is 6.42 Å². The number of rotatable bonds is 7. The Balaban J connectivity index is 2.64. The highest BCUT2D eigenvalue weighted by Crippen LogP contribution is 2.20. The quantitative estimate of drug-likeness (QED) is 0.486. The smallest absolute Gasteiger partial charge is 0.198 e. The van der Waals surface area contributed by atoms with Crippen molar-refractivity contribution in [2.75, 3.05) is 6.61 Å². The van der Waals surface area contributed by atoms with Crippen molar-refractivity contribution in [3.8, 4) is 0 Å². The maximum atomic E-state index is 10.0. The van der Waals surface area contributed by atoms with Crippen LogP contribution in [0.3, 0.4) is 0 Å². The summed E-state index contributed by atoms with van der Waals surface area (Å²) in [5.41, 5.74) is 0.875. The molecule has 17 heavy (non-hydrogen) atoms. The summed E-state index contributed by atoms with van der Waals surface area (Å²) < 4.78 is 5.28. The van der Waals surface area contributed by atoms with Crippen molar-refractivity contribution in [1.29, 1.82) is 0 Å². The molecule has 4 heteroatoms. The van der Waals surface area contributed by atoms with E-state index >= 15 is 0 Å². The Labute approximate surface area is 101 Å². The highest BCUT2D eigenvalue weighted by atomic mass is 16.6. The van der Waals surface area contributed by atoms with Gasteiger partial charge in [0.1, 0.15) is 6.10 Å². The zero-order valence-corrected chi connectivity index (χ0v) is 9.62. The minimum Gasteiger partial charge on any atom is -0.393 e. The summed E-state index contributed by atoms with van der Waals surface area (Å²) in [6.45, 7) is 3.07. The van der Waals surface area contributed by atoms with Gasteiger partial charge in [0.15, 0.2) is 5.79 Å². The number of hydrogen-bond acceptors (Lipinski definition) is 4. The molecule has 0 aliphatic heterocycles. The summed E-state index contributed by atoms with van der Waals surface area (Å²) in [5.74, 6) is -1.80. The zero-order chi connectivity index (χ0) is 12.7. The van der Waals surface area contributed by atoms with Gasteiger partial charge in [-0.25, -0.2) is 0 Å². The first-order chi connectivity index (χ1) is 8.12. The van der Waals surface area contributed by atoms with Gasteiger partial charge in [-0.15, -0.1) is 6.58 Å². The van der Waals surface area contributed by atoms with Gasteiger partial charge in [-0.2, -0.15) is 0 Å². The Hall–Kier alpha value is -1.20. The molecule has 0 heterocycles. The van der Waals surface area contributed by atoms with Crippen molar-refractivity contribution in [3.63, 3.8) is 0 Å². The third-order valence-electron chi connectivity index (χ3n) is 2.46. The Morgan fingerprint density at radius 3 is 2.53 bits per heavy atom. The van der Waals surface area contributed by atoms with E-state index in [1.54, 1.807) is 0 Å². The normalized spacial score (nSPS) is 16.2. The Bertz CT molecular complexity index is 339. The predicted molar refractivity (Wildman–Crippen MR) is 64.1 cm³/mol. The summed E-state index contributed by atoms with van der Waals surface area (Å²) in [7, 11) is 0. The van der Waals surface area contributed by atoms with Crippen molar-refractivity contribution in [1.82, 2.24) is 0 Å². The average molecular weight is 238 g/mol. The van der Waals surface area contributed by atoms with Crippen LogP contribution >= 0.6 is 0 Å². The van der Waals surface area contributed by atoms with E-state index in [2.05, 4.69) is 6.58 Å². The van der Waals surface area contributed by atoms with Gasteiger partial charge in [0.05, 0.1) is 13.2 Å². The molecule has 0 amide bonds. The van der Waals surface area contributed by atoms with Crippen molar-refractivity contribution >= 4 is 0 Å². The molecule has 1 aromatic rings. The molecule has 2 atom stereocenters. The van der Waals surface area contributed by atoms with E-state index < -0.39 is 18.5 Å². The highest BCUT2D eigenvalue weighted by molar-refractivity contribution is 5.13. The summed E-state index contributed by atoms with van der Waals surface area (Å²) in [6, 6.07) is 9.28. The molecule has 0 saturated carbocycles. The van der Waals surface area contributed by atoms with Gasteiger partial charge < -0.3 is 20.1 Å². The van der Waals surface area contributed by atoms with Gasteiger partial charge in [-0.3, -0.25) is 0 Å². The van der Waals surface area contributed by atoms with Crippen LogP contribution < -0.4 is 0 Å². The topological polar surface area (TPSA) is 69.9 Å². The standard InChI is InChI=1S/C13H18O4/c1-2-8-13(16,12(15)9-14)17-10-11-6-4-3-5-7-11/h2-7,12,14-16H,1,8-10H2/t12-,13+/m1/s1. The largest absolute Gasteiger partial charge is 0.393 e. The molecular formula is C13H18O4. The SMILES string of the molecule is C=CC[C@](O)(OCc1ccccc1)[C@H](O)CO. The molecule has 0 saturated heterocycles. The van der Waals surface area contributed by atoms with Crippen molar-refractivity contribution in [2.24, 2.45) is 0 Å². The molecule has 0 spiro atoms. The predicted octanol–water partition coefficient (Wildman–Crippen LogP) is 0.821. The molecule has 94 valence electrons. The van der Waals surface area contributed by atoms with Gasteiger partial charge >= 0.3 is 0 Å². The molecule has 0 aromatic heterocycles. The molecule has 0 fully saturated rings. The van der Waals surface area contributed by atoms with Gasteiger partial charge in [0.25, 0.3) is 0 Å². The van der Waals surface area contributed by atoms with Crippen LogP contribution in [0.2, 0.25) is 0 Å². The molecule has 0 aliphatic carbocycles. The molecule has 0 bridgehead atoms. The maximum absolute atomic E-state index is 10.0. The molecular weight excluding hydrogens is 220 g/mol. The van der Waals surface area contributed by atoms with Crippen LogP contribution in [0.5, 0.6) is 0 Å². The van der Waals surface area contributed by atoms with E-state index in [1.165, 1.54) is 6.08 Å². The Kier molecular flexibility index (Phi) is 5.31. The van der Waals surface area contributed by atoms with Crippen LogP contribution in [0.4, 0.5) is 0 Å². The Morgan fingerprint density at radius 2 is 2.00 bits per heavy atom. The first kappa shape index (κ1) is 13.9. The van der Waals surface area contributed by atoms with E-state index in [9.17, 15) is 10.2 Å². The number of ether oxygens (including phenoxy) is 1. The second-order valence-corrected chi connectivity index (χ2v) is 3.81. The Morgan fingerprint density at radius 1 is 1.35 bits per heavy atom. The lowest BCUT2D eigenvalue weighted by atomic mass is 10.1. The molecule has 1 aromatic carbocycles. The first-order valence-corrected chi connectivity index (χ1v) is 5.42. The summed E-state index contributed by atoms with van der Waals surface area (Å²) in [4.78, 5) is 0. The summed E-state index contributed by atoms with van der Waals surface area (Å²) in [5, 5.41) is 28.4. The molecule has 3 N–H and O–H groups in total. The number of aliphatic hydroxyl groups is 3. The third-order valence-corrected chi connectivity index (χ3v) is 2.46. The van der Waals surface area contributed by atoms with E-state index in [0.29, 0.717) is 0 Å². The fraction of sp³-hybridized carbons (Fsp3) is 0.385. The van der Waals surface area contributed by atoms with Crippen molar-refractivity contribution < 1.29 is 20.1 Å². The second-order valence-electron chi connectivity index (χ2n) is 3.81. The summed E-state index contributed by atoms with van der Waals surface area (Å²) in [6.07, 6.45) is 0.120. The zero-order valence-electron chi connectivity index (χ0n) is 9.62. The highest BCUT2D eigenvalue weighted by Gasteiger charge is 2.35. The minimum atomic E-state index is -1.80. The van der Waals surface area contributed by atoms with Gasteiger partial charge in [0.2, 0.25) is 0 Å². The molecule has 0 unspecified atom stereocenters. The van der Waals surface area contributed by atoms with Crippen LogP contribution in [0.1, 0.15) is 12.0 Å². The van der Waals surface area contributed by atoms with Crippen LogP contribution in [0.15, 0.2) is 43.0 Å². The number of aliphatic hydroxyl groups excluding tert-OH is 2. The lowest BCUT2D eigenvalue weighted by Crippen LogP contribution is -2.46. The van der Waals surface area contributed by atoms with Crippen LogP contribution in [0.25, 0.3) is 0 Å². The lowest BCUT2D eigenvalue weighted by Gasteiger charge is -2.31. The average Bonchev–Trinajstić information content (AvgIpc) is 2.37. The molecule has 1 rings (SSSR count). The minimum absolute atomic E-state index is 0.0432. The first-order valence-electron chi connectivity index (χ1n) is 5.42. The maximum Gasteiger partial charge on any atom is 0.198 e.